The first kappa shape index (κ1) is 19.6. The maximum Gasteiger partial charge on any atom is 0.410 e. The largest absolute Gasteiger partial charge is 0.444 e. The fraction of sp³-hybridized carbons (Fsp3) is 0.714. The minimum Gasteiger partial charge on any atom is -0.444 e. The van der Waals surface area contributed by atoms with Crippen molar-refractivity contribution in [3.63, 3.8) is 0 Å². The van der Waals surface area contributed by atoms with Crippen LogP contribution < -0.4 is 10.8 Å². The van der Waals surface area contributed by atoms with Crippen molar-refractivity contribution >= 4 is 6.09 Å². The van der Waals surface area contributed by atoms with E-state index in [4.69, 9.17) is 9.57 Å². The number of hydroxylamine groups is 1. The number of rotatable bonds is 4. The molecule has 1 aliphatic carbocycles. The Morgan fingerprint density at radius 3 is 2.71 bits per heavy atom. The summed E-state index contributed by atoms with van der Waals surface area (Å²) in [5, 5.41) is 3.56. The second-order valence-corrected chi connectivity index (χ2v) is 9.29. The number of hydrogen-bond acceptors (Lipinski definition) is 6. The zero-order valence-electron chi connectivity index (χ0n) is 17.1. The summed E-state index contributed by atoms with van der Waals surface area (Å²) in [5.74, 6) is 1.23. The van der Waals surface area contributed by atoms with Gasteiger partial charge in [0.15, 0.2) is 6.23 Å². The van der Waals surface area contributed by atoms with Gasteiger partial charge in [0, 0.05) is 30.5 Å². The summed E-state index contributed by atoms with van der Waals surface area (Å²) in [6, 6.07) is 4.17. The van der Waals surface area contributed by atoms with E-state index in [9.17, 15) is 4.79 Å². The summed E-state index contributed by atoms with van der Waals surface area (Å²) in [7, 11) is 0. The highest BCUT2D eigenvalue weighted by molar-refractivity contribution is 5.68. The van der Waals surface area contributed by atoms with Gasteiger partial charge < -0.3 is 9.64 Å². The summed E-state index contributed by atoms with van der Waals surface area (Å²) in [6.45, 7) is 7.12. The van der Waals surface area contributed by atoms with Crippen LogP contribution in [-0.2, 0) is 16.0 Å². The first-order chi connectivity index (χ1) is 13.4. The summed E-state index contributed by atoms with van der Waals surface area (Å²) in [5.41, 5.74) is 4.98. The Morgan fingerprint density at radius 1 is 1.29 bits per heavy atom. The molecule has 3 heterocycles. The van der Waals surface area contributed by atoms with E-state index < -0.39 is 5.60 Å². The Labute approximate surface area is 167 Å². The molecule has 0 spiro atoms. The van der Waals surface area contributed by atoms with Crippen LogP contribution in [0.25, 0.3) is 0 Å². The van der Waals surface area contributed by atoms with Crippen molar-refractivity contribution in [3.05, 3.63) is 29.6 Å². The quantitative estimate of drug-likeness (QED) is 0.825. The zero-order valence-corrected chi connectivity index (χ0v) is 17.1. The van der Waals surface area contributed by atoms with Crippen LogP contribution in [-0.4, -0.2) is 40.8 Å². The van der Waals surface area contributed by atoms with Gasteiger partial charge in [0.2, 0.25) is 0 Å². The number of nitrogens with zero attached hydrogens (tertiary/aromatic N) is 2. The van der Waals surface area contributed by atoms with Crippen LogP contribution in [0.15, 0.2) is 18.3 Å². The first-order valence-corrected chi connectivity index (χ1v) is 10.5. The third kappa shape index (κ3) is 5.01. The number of ether oxygens (including phenoxy) is 1. The summed E-state index contributed by atoms with van der Waals surface area (Å²) in [6.07, 6.45) is 7.16. The number of aromatic nitrogens is 1. The van der Waals surface area contributed by atoms with E-state index in [1.807, 2.05) is 37.9 Å². The van der Waals surface area contributed by atoms with Crippen molar-refractivity contribution in [2.75, 3.05) is 13.1 Å². The molecule has 2 unspecified atom stereocenters. The predicted octanol–water partition coefficient (Wildman–Crippen LogP) is 3.13. The molecule has 3 fully saturated rings. The van der Waals surface area contributed by atoms with Gasteiger partial charge in [0.1, 0.15) is 5.60 Å². The number of amides is 1. The lowest BCUT2D eigenvalue weighted by atomic mass is 9.94. The monoisotopic (exact) mass is 388 g/mol. The number of likely N-dealkylation sites (tertiary alicyclic amines) is 1. The molecule has 2 N–H and O–H groups in total. The average molecular weight is 389 g/mol. The Hall–Kier alpha value is -1.70. The zero-order chi connectivity index (χ0) is 19.7. The summed E-state index contributed by atoms with van der Waals surface area (Å²) in [4.78, 5) is 24.4. The summed E-state index contributed by atoms with van der Waals surface area (Å²) >= 11 is 0. The van der Waals surface area contributed by atoms with Crippen molar-refractivity contribution in [3.8, 4) is 0 Å². The first-order valence-electron chi connectivity index (χ1n) is 10.5. The highest BCUT2D eigenvalue weighted by Crippen LogP contribution is 2.33. The smallest absolute Gasteiger partial charge is 0.410 e. The number of hydrogen-bond donors (Lipinski definition) is 2. The van der Waals surface area contributed by atoms with Gasteiger partial charge in [-0.1, -0.05) is 0 Å². The molecule has 4 rings (SSSR count). The van der Waals surface area contributed by atoms with Crippen LogP contribution in [0.2, 0.25) is 0 Å². The van der Waals surface area contributed by atoms with Crippen LogP contribution in [0.4, 0.5) is 4.79 Å². The molecular weight excluding hydrogens is 356 g/mol. The molecule has 2 saturated heterocycles. The van der Waals surface area contributed by atoms with Gasteiger partial charge in [-0.3, -0.25) is 15.1 Å². The maximum absolute atomic E-state index is 12.2. The molecule has 0 bridgehead atoms. The van der Waals surface area contributed by atoms with Crippen molar-refractivity contribution < 1.29 is 14.4 Å². The van der Waals surface area contributed by atoms with Crippen LogP contribution >= 0.6 is 0 Å². The standard InChI is InChI=1S/C21H32N4O3/c1-21(2,3)27-20(26)25-10-7-15(8-11-25)18-23-19(28-24-18)16-6-9-22-17(13-16)12-14-4-5-14/h6,9,13-15,18-19,23-24H,4-5,7-8,10-12H2,1-3H3. The average Bonchev–Trinajstić information content (AvgIpc) is 3.32. The number of pyridine rings is 1. The normalized spacial score (nSPS) is 26.5. The lowest BCUT2D eigenvalue weighted by Gasteiger charge is -2.35. The van der Waals surface area contributed by atoms with E-state index in [0.717, 1.165) is 36.4 Å². The third-order valence-electron chi connectivity index (χ3n) is 5.64. The molecule has 7 heteroatoms. The van der Waals surface area contributed by atoms with E-state index in [-0.39, 0.29) is 18.5 Å². The van der Waals surface area contributed by atoms with Crippen molar-refractivity contribution in [1.82, 2.24) is 20.7 Å². The molecule has 1 saturated carbocycles. The van der Waals surface area contributed by atoms with Crippen molar-refractivity contribution in [1.29, 1.82) is 0 Å². The second-order valence-electron chi connectivity index (χ2n) is 9.29. The number of nitrogens with one attached hydrogen (secondary N) is 2. The van der Waals surface area contributed by atoms with E-state index in [2.05, 4.69) is 21.8 Å². The second kappa shape index (κ2) is 7.97. The molecule has 3 aliphatic rings. The van der Waals surface area contributed by atoms with Gasteiger partial charge in [0.25, 0.3) is 0 Å². The van der Waals surface area contributed by atoms with E-state index >= 15 is 0 Å². The van der Waals surface area contributed by atoms with Crippen LogP contribution in [0.5, 0.6) is 0 Å². The van der Waals surface area contributed by atoms with Crippen LogP contribution in [0.3, 0.4) is 0 Å². The Bertz CT molecular complexity index is 693. The maximum atomic E-state index is 12.2. The molecule has 2 atom stereocenters. The van der Waals surface area contributed by atoms with Gasteiger partial charge in [-0.25, -0.2) is 4.79 Å². The number of carbonyl (C=O) groups is 1. The molecule has 1 aromatic rings. The van der Waals surface area contributed by atoms with Crippen molar-refractivity contribution in [2.45, 2.75) is 70.9 Å². The molecule has 28 heavy (non-hydrogen) atoms. The number of carbonyl (C=O) groups excluding carboxylic acids is 1. The molecule has 7 nitrogen and oxygen atoms in total. The van der Waals surface area contributed by atoms with E-state index in [1.165, 1.54) is 12.8 Å². The third-order valence-corrected chi connectivity index (χ3v) is 5.64. The van der Waals surface area contributed by atoms with Gasteiger partial charge in [-0.15, -0.1) is 0 Å². The molecule has 154 valence electrons. The topological polar surface area (TPSA) is 75.7 Å². The highest BCUT2D eigenvalue weighted by atomic mass is 16.7. The van der Waals surface area contributed by atoms with Gasteiger partial charge in [-0.2, -0.15) is 5.48 Å². The Kier molecular flexibility index (Phi) is 5.58. The molecular formula is C21H32N4O3. The van der Waals surface area contributed by atoms with E-state index in [0.29, 0.717) is 19.0 Å². The Balaban J connectivity index is 1.27. The highest BCUT2D eigenvalue weighted by Gasteiger charge is 2.35. The lowest BCUT2D eigenvalue weighted by Crippen LogP contribution is -2.47. The van der Waals surface area contributed by atoms with Crippen LogP contribution in [0, 0.1) is 11.8 Å². The minimum absolute atomic E-state index is 0.0887. The van der Waals surface area contributed by atoms with Gasteiger partial charge >= 0.3 is 6.09 Å². The molecule has 1 amide bonds. The van der Waals surface area contributed by atoms with Crippen molar-refractivity contribution in [2.24, 2.45) is 11.8 Å². The molecule has 0 radical (unpaired) electrons. The molecule has 0 aromatic carbocycles. The molecule has 2 aliphatic heterocycles. The van der Waals surface area contributed by atoms with Gasteiger partial charge in [0.05, 0.1) is 6.17 Å². The van der Waals surface area contributed by atoms with Gasteiger partial charge in [-0.05, 0) is 76.8 Å². The molecule has 1 aromatic heterocycles. The fourth-order valence-corrected chi connectivity index (χ4v) is 3.90. The number of piperidine rings is 1. The predicted molar refractivity (Wildman–Crippen MR) is 105 cm³/mol. The lowest BCUT2D eigenvalue weighted by molar-refractivity contribution is 0.00635. The van der Waals surface area contributed by atoms with Crippen LogP contribution in [0.1, 0.15) is 63.9 Å². The fourth-order valence-electron chi connectivity index (χ4n) is 3.90. The SMILES string of the molecule is CC(C)(C)OC(=O)N1CCC(C2NOC(c3ccnc(CC4CC4)c3)N2)CC1. The Morgan fingerprint density at radius 2 is 2.04 bits per heavy atom. The summed E-state index contributed by atoms with van der Waals surface area (Å²) < 4.78 is 5.48. The minimum atomic E-state index is -0.452. The van der Waals surface area contributed by atoms with E-state index in [1.54, 1.807) is 0 Å².